The molecule has 4 aromatic rings. The van der Waals surface area contributed by atoms with Crippen LogP contribution in [0.2, 0.25) is 5.02 Å². The summed E-state index contributed by atoms with van der Waals surface area (Å²) in [5, 5.41) is 4.70. The summed E-state index contributed by atoms with van der Waals surface area (Å²) in [6.45, 7) is 3.66. The van der Waals surface area contributed by atoms with Crippen molar-refractivity contribution in [1.29, 1.82) is 0 Å². The average Bonchev–Trinajstić information content (AvgIpc) is 3.30. The first-order valence-electron chi connectivity index (χ1n) is 11.5. The van der Waals surface area contributed by atoms with Gasteiger partial charge in [0.25, 0.3) is 0 Å². The summed E-state index contributed by atoms with van der Waals surface area (Å²) in [5.41, 5.74) is 0. The molecule has 0 radical (unpaired) electrons. The molecule has 1 heterocycles. The van der Waals surface area contributed by atoms with Gasteiger partial charge in [-0.15, -0.1) is 0 Å². The van der Waals surface area contributed by atoms with Gasteiger partial charge in [-0.05, 0) is 65.4 Å². The van der Waals surface area contributed by atoms with Crippen LogP contribution in [0.1, 0.15) is 6.42 Å². The zero-order valence-electron chi connectivity index (χ0n) is 18.8. The molecule has 1 aliphatic heterocycles. The van der Waals surface area contributed by atoms with Gasteiger partial charge in [-0.1, -0.05) is 60.1 Å². The molecule has 1 N–H and O–H groups in total. The maximum atomic E-state index is 12.8. The fraction of sp³-hybridized carbons (Fsp3) is 0.259. The van der Waals surface area contributed by atoms with Gasteiger partial charge in [-0.25, -0.2) is 13.1 Å². The van der Waals surface area contributed by atoms with Crippen LogP contribution in [0.5, 0.6) is 5.75 Å². The van der Waals surface area contributed by atoms with Crippen LogP contribution >= 0.6 is 11.6 Å². The van der Waals surface area contributed by atoms with Crippen LogP contribution in [-0.4, -0.2) is 46.1 Å². The van der Waals surface area contributed by atoms with Crippen molar-refractivity contribution in [1.82, 2.24) is 9.62 Å². The predicted molar refractivity (Wildman–Crippen MR) is 138 cm³/mol. The zero-order chi connectivity index (χ0) is 23.5. The third-order valence-corrected chi connectivity index (χ3v) is 8.09. The maximum absolute atomic E-state index is 12.8. The SMILES string of the molecule is O=S(=O)(NCC1CCN(CCOc2cccc3ccccc23)C1)c1ccc2cc(Cl)ccc2c1. The summed E-state index contributed by atoms with van der Waals surface area (Å²) in [6.07, 6.45) is 0.965. The second kappa shape index (κ2) is 9.92. The molecule has 4 aromatic carbocycles. The van der Waals surface area contributed by atoms with E-state index in [1.54, 1.807) is 24.3 Å². The first-order valence-corrected chi connectivity index (χ1v) is 13.4. The van der Waals surface area contributed by atoms with E-state index in [-0.39, 0.29) is 10.8 Å². The third kappa shape index (κ3) is 5.20. The minimum atomic E-state index is -3.57. The van der Waals surface area contributed by atoms with Crippen LogP contribution in [0.15, 0.2) is 83.8 Å². The summed E-state index contributed by atoms with van der Waals surface area (Å²) < 4.78 is 34.6. The lowest BCUT2D eigenvalue weighted by molar-refractivity contribution is 0.234. The number of nitrogens with one attached hydrogen (secondary N) is 1. The summed E-state index contributed by atoms with van der Waals surface area (Å²) in [5.74, 6) is 1.19. The Morgan fingerprint density at radius 3 is 2.65 bits per heavy atom. The highest BCUT2D eigenvalue weighted by Crippen LogP contribution is 2.26. The van der Waals surface area contributed by atoms with Crippen LogP contribution in [-0.2, 0) is 10.0 Å². The van der Waals surface area contributed by atoms with Crippen LogP contribution in [0.25, 0.3) is 21.5 Å². The maximum Gasteiger partial charge on any atom is 0.240 e. The molecule has 0 amide bonds. The summed E-state index contributed by atoms with van der Waals surface area (Å²) >= 11 is 6.03. The second-order valence-electron chi connectivity index (χ2n) is 8.79. The number of hydrogen-bond acceptors (Lipinski definition) is 4. The zero-order valence-corrected chi connectivity index (χ0v) is 20.4. The van der Waals surface area contributed by atoms with E-state index in [2.05, 4.69) is 27.8 Å². The lowest BCUT2D eigenvalue weighted by atomic mass is 10.1. The molecule has 5 rings (SSSR count). The van der Waals surface area contributed by atoms with E-state index in [4.69, 9.17) is 16.3 Å². The number of benzene rings is 4. The van der Waals surface area contributed by atoms with Gasteiger partial charge in [0.05, 0.1) is 4.90 Å². The highest BCUT2D eigenvalue weighted by atomic mass is 35.5. The van der Waals surface area contributed by atoms with E-state index in [9.17, 15) is 8.42 Å². The molecule has 0 aliphatic carbocycles. The summed E-state index contributed by atoms with van der Waals surface area (Å²) in [4.78, 5) is 2.62. The van der Waals surface area contributed by atoms with Gasteiger partial charge < -0.3 is 4.74 Å². The highest BCUT2D eigenvalue weighted by Gasteiger charge is 2.24. The van der Waals surface area contributed by atoms with Crippen molar-refractivity contribution in [2.24, 2.45) is 5.92 Å². The quantitative estimate of drug-likeness (QED) is 0.360. The van der Waals surface area contributed by atoms with Crippen LogP contribution in [0, 0.1) is 5.92 Å². The monoisotopic (exact) mass is 494 g/mol. The molecule has 0 saturated carbocycles. The third-order valence-electron chi connectivity index (χ3n) is 6.43. The van der Waals surface area contributed by atoms with Crippen molar-refractivity contribution in [3.05, 3.63) is 83.9 Å². The molecule has 1 atom stereocenters. The van der Waals surface area contributed by atoms with Crippen LogP contribution < -0.4 is 9.46 Å². The van der Waals surface area contributed by atoms with Gasteiger partial charge in [0, 0.05) is 30.0 Å². The number of halogens is 1. The smallest absolute Gasteiger partial charge is 0.240 e. The van der Waals surface area contributed by atoms with Gasteiger partial charge in [0.2, 0.25) is 10.0 Å². The van der Waals surface area contributed by atoms with Crippen molar-refractivity contribution in [2.45, 2.75) is 11.3 Å². The Bertz CT molecular complexity index is 1420. The summed E-state index contributed by atoms with van der Waals surface area (Å²) in [7, 11) is -3.57. The minimum absolute atomic E-state index is 0.278. The molecule has 176 valence electrons. The number of likely N-dealkylation sites (tertiary alicyclic amines) is 1. The van der Waals surface area contributed by atoms with E-state index in [0.717, 1.165) is 48.0 Å². The molecule has 0 aromatic heterocycles. The van der Waals surface area contributed by atoms with Gasteiger partial charge in [-0.3, -0.25) is 4.90 Å². The lowest BCUT2D eigenvalue weighted by Crippen LogP contribution is -2.32. The number of rotatable bonds is 8. The van der Waals surface area contributed by atoms with Crippen molar-refractivity contribution in [2.75, 3.05) is 32.8 Å². The van der Waals surface area contributed by atoms with Crippen molar-refractivity contribution in [3.63, 3.8) is 0 Å². The number of hydrogen-bond donors (Lipinski definition) is 1. The molecule has 0 bridgehead atoms. The van der Waals surface area contributed by atoms with Crippen LogP contribution in [0.4, 0.5) is 0 Å². The van der Waals surface area contributed by atoms with E-state index in [1.807, 2.05) is 36.4 Å². The Hall–Kier alpha value is -2.64. The molecular formula is C27H27ClN2O3S. The fourth-order valence-corrected chi connectivity index (χ4v) is 5.89. The normalized spacial score (nSPS) is 16.9. The average molecular weight is 495 g/mol. The molecule has 5 nitrogen and oxygen atoms in total. The Morgan fingerprint density at radius 2 is 1.74 bits per heavy atom. The molecule has 1 fully saturated rings. The number of ether oxygens (including phenoxy) is 1. The Labute approximate surface area is 205 Å². The second-order valence-corrected chi connectivity index (χ2v) is 11.0. The molecule has 34 heavy (non-hydrogen) atoms. The first kappa shape index (κ1) is 23.1. The Kier molecular flexibility index (Phi) is 6.75. The molecular weight excluding hydrogens is 468 g/mol. The Balaban J connectivity index is 1.12. The molecule has 7 heteroatoms. The molecule has 1 saturated heterocycles. The van der Waals surface area contributed by atoms with E-state index >= 15 is 0 Å². The molecule has 0 spiro atoms. The van der Waals surface area contributed by atoms with E-state index in [1.165, 1.54) is 5.39 Å². The van der Waals surface area contributed by atoms with Crippen molar-refractivity contribution in [3.8, 4) is 5.75 Å². The van der Waals surface area contributed by atoms with Gasteiger partial charge in [0.1, 0.15) is 12.4 Å². The predicted octanol–water partition coefficient (Wildman–Crippen LogP) is 5.33. The molecule has 1 unspecified atom stereocenters. The van der Waals surface area contributed by atoms with E-state index in [0.29, 0.717) is 18.2 Å². The van der Waals surface area contributed by atoms with E-state index < -0.39 is 10.0 Å². The number of fused-ring (bicyclic) bond motifs is 2. The van der Waals surface area contributed by atoms with Gasteiger partial charge >= 0.3 is 0 Å². The first-order chi connectivity index (χ1) is 16.5. The lowest BCUT2D eigenvalue weighted by Gasteiger charge is -2.17. The van der Waals surface area contributed by atoms with Gasteiger partial charge in [-0.2, -0.15) is 0 Å². The molecule has 1 aliphatic rings. The Morgan fingerprint density at radius 1 is 0.941 bits per heavy atom. The largest absolute Gasteiger partial charge is 0.492 e. The summed E-state index contributed by atoms with van der Waals surface area (Å²) in [6, 6.07) is 24.9. The van der Waals surface area contributed by atoms with Crippen molar-refractivity contribution < 1.29 is 13.2 Å². The number of nitrogens with zero attached hydrogens (tertiary/aromatic N) is 1. The van der Waals surface area contributed by atoms with Crippen LogP contribution in [0.3, 0.4) is 0 Å². The van der Waals surface area contributed by atoms with Crippen molar-refractivity contribution >= 4 is 43.2 Å². The number of sulfonamides is 1. The standard InChI is InChI=1S/C27H27ClN2O3S/c28-24-10-8-23-17-25(11-9-22(23)16-24)34(31,32)29-18-20-12-13-30(19-20)14-15-33-27-7-3-5-21-4-1-2-6-26(21)27/h1-11,16-17,20,29H,12-15,18-19H2. The minimum Gasteiger partial charge on any atom is -0.492 e. The topological polar surface area (TPSA) is 58.6 Å². The fourth-order valence-electron chi connectivity index (χ4n) is 4.56. The van der Waals surface area contributed by atoms with Gasteiger partial charge in [0.15, 0.2) is 0 Å². The highest BCUT2D eigenvalue weighted by molar-refractivity contribution is 7.89.